The van der Waals surface area contributed by atoms with E-state index < -0.39 is 0 Å². The fourth-order valence-electron chi connectivity index (χ4n) is 2.19. The number of nitrogens with zero attached hydrogens (tertiary/aromatic N) is 4. The third kappa shape index (κ3) is 1.59. The van der Waals surface area contributed by atoms with Crippen LogP contribution in [0.1, 0.15) is 0 Å². The molecule has 2 N–H and O–H groups in total. The van der Waals surface area contributed by atoms with E-state index in [0.717, 1.165) is 21.2 Å². The summed E-state index contributed by atoms with van der Waals surface area (Å²) in [6.07, 6.45) is 3.12. The van der Waals surface area contributed by atoms with Crippen LogP contribution in [0.15, 0.2) is 36.1 Å². The topological polar surface area (TPSA) is 69.6 Å². The minimum atomic E-state index is 0.429. The predicted octanol–water partition coefficient (Wildman–Crippen LogP) is 3.27. The molecule has 0 unspecified atom stereocenters. The average molecular weight is 302 g/mol. The van der Waals surface area contributed by atoms with Crippen LogP contribution in [0.5, 0.6) is 0 Å². The molecule has 98 valence electrons. The van der Waals surface area contributed by atoms with Gasteiger partial charge in [-0.2, -0.15) is 5.10 Å². The van der Waals surface area contributed by atoms with E-state index in [9.17, 15) is 0 Å². The molecule has 0 bridgehead atoms. The Morgan fingerprint density at radius 2 is 2.10 bits per heavy atom. The van der Waals surface area contributed by atoms with Gasteiger partial charge in [0.05, 0.1) is 17.3 Å². The number of fused-ring (bicyclic) bond motifs is 2. The maximum Gasteiger partial charge on any atom is 0.168 e. The number of hydrogen-bond acceptors (Lipinski definition) is 5. The molecule has 7 heteroatoms. The molecule has 3 aromatic heterocycles. The van der Waals surface area contributed by atoms with Crippen LogP contribution in [0.3, 0.4) is 0 Å². The second-order valence-electron chi connectivity index (χ2n) is 4.31. The van der Waals surface area contributed by atoms with Crippen molar-refractivity contribution in [2.24, 2.45) is 0 Å². The minimum absolute atomic E-state index is 0.429. The van der Waals surface area contributed by atoms with Gasteiger partial charge >= 0.3 is 0 Å². The highest BCUT2D eigenvalue weighted by Crippen LogP contribution is 2.32. The molecule has 0 saturated heterocycles. The second kappa shape index (κ2) is 4.16. The van der Waals surface area contributed by atoms with Crippen LogP contribution in [0.25, 0.3) is 26.8 Å². The predicted molar refractivity (Wildman–Crippen MR) is 81.5 cm³/mol. The van der Waals surface area contributed by atoms with Gasteiger partial charge in [-0.25, -0.2) is 14.6 Å². The molecule has 0 aliphatic rings. The van der Waals surface area contributed by atoms with Crippen LogP contribution >= 0.6 is 22.9 Å². The molecule has 0 fully saturated rings. The first-order valence-electron chi connectivity index (χ1n) is 5.85. The Labute approximate surface area is 122 Å². The van der Waals surface area contributed by atoms with Crippen LogP contribution < -0.4 is 5.73 Å². The number of halogens is 1. The van der Waals surface area contributed by atoms with E-state index in [-0.39, 0.29) is 0 Å². The second-order valence-corrected chi connectivity index (χ2v) is 5.66. The Hall–Kier alpha value is -2.18. The summed E-state index contributed by atoms with van der Waals surface area (Å²) in [6.45, 7) is 0. The summed E-state index contributed by atoms with van der Waals surface area (Å²) < 4.78 is 2.91. The number of aromatic nitrogens is 4. The number of nitrogens with two attached hydrogens (primary N) is 1. The molecule has 1 aromatic carbocycles. The molecular formula is C13H8ClN5S. The molecule has 0 radical (unpaired) electrons. The summed E-state index contributed by atoms with van der Waals surface area (Å²) in [6, 6.07) is 5.81. The number of rotatable bonds is 1. The van der Waals surface area contributed by atoms with E-state index >= 15 is 0 Å². The van der Waals surface area contributed by atoms with E-state index in [4.69, 9.17) is 17.3 Å². The zero-order valence-electron chi connectivity index (χ0n) is 10.1. The quantitative estimate of drug-likeness (QED) is 0.586. The maximum atomic E-state index is 6.08. The summed E-state index contributed by atoms with van der Waals surface area (Å²) in [4.78, 5) is 8.24. The molecule has 4 rings (SSSR count). The van der Waals surface area contributed by atoms with Gasteiger partial charge in [-0.05, 0) is 18.2 Å². The van der Waals surface area contributed by atoms with Gasteiger partial charge in [-0.3, -0.25) is 0 Å². The third-order valence-electron chi connectivity index (χ3n) is 3.14. The van der Waals surface area contributed by atoms with E-state index in [2.05, 4.69) is 15.1 Å². The van der Waals surface area contributed by atoms with Crippen molar-refractivity contribution in [2.45, 2.75) is 0 Å². The molecule has 0 aliphatic carbocycles. The smallest absolute Gasteiger partial charge is 0.168 e. The fraction of sp³-hybridized carbons (Fsp3) is 0. The highest BCUT2D eigenvalue weighted by atomic mass is 35.5. The molecule has 0 amide bonds. The molecule has 0 aliphatic heterocycles. The highest BCUT2D eigenvalue weighted by molar-refractivity contribution is 7.17. The Morgan fingerprint density at radius 3 is 3.00 bits per heavy atom. The SMILES string of the molecule is Nc1ncnc2c1cnn2-c1csc2ccc(Cl)cc12. The lowest BCUT2D eigenvalue weighted by molar-refractivity contribution is 0.905. The van der Waals surface area contributed by atoms with Crippen LogP contribution in [0.2, 0.25) is 5.02 Å². The lowest BCUT2D eigenvalue weighted by Crippen LogP contribution is -1.98. The lowest BCUT2D eigenvalue weighted by atomic mass is 10.2. The van der Waals surface area contributed by atoms with Gasteiger partial charge in [0.1, 0.15) is 12.1 Å². The number of anilines is 1. The van der Waals surface area contributed by atoms with Gasteiger partial charge in [-0.1, -0.05) is 11.6 Å². The van der Waals surface area contributed by atoms with Crippen LogP contribution in [0.4, 0.5) is 5.82 Å². The number of nitrogen functional groups attached to an aromatic ring is 1. The molecule has 4 aromatic rings. The first-order valence-corrected chi connectivity index (χ1v) is 7.11. The van der Waals surface area contributed by atoms with Crippen molar-refractivity contribution in [3.8, 4) is 5.69 Å². The molecule has 0 atom stereocenters. The van der Waals surface area contributed by atoms with Crippen LogP contribution in [-0.4, -0.2) is 19.7 Å². The summed E-state index contributed by atoms with van der Waals surface area (Å²) in [5.41, 5.74) is 7.47. The average Bonchev–Trinajstić information content (AvgIpc) is 3.02. The van der Waals surface area contributed by atoms with Crippen molar-refractivity contribution >= 4 is 49.9 Å². The zero-order chi connectivity index (χ0) is 13.7. The molecule has 0 saturated carbocycles. The summed E-state index contributed by atoms with van der Waals surface area (Å²) in [5, 5.41) is 8.90. The van der Waals surface area contributed by atoms with Crippen molar-refractivity contribution in [1.82, 2.24) is 19.7 Å². The van der Waals surface area contributed by atoms with Gasteiger partial charge in [0, 0.05) is 20.5 Å². The van der Waals surface area contributed by atoms with Gasteiger partial charge in [0.15, 0.2) is 5.65 Å². The Morgan fingerprint density at radius 1 is 1.20 bits per heavy atom. The monoisotopic (exact) mass is 301 g/mol. The Kier molecular flexibility index (Phi) is 2.42. The number of hydrogen-bond donors (Lipinski definition) is 1. The van der Waals surface area contributed by atoms with Gasteiger partial charge in [0.2, 0.25) is 0 Å². The van der Waals surface area contributed by atoms with Crippen LogP contribution in [0, 0.1) is 0 Å². The van der Waals surface area contributed by atoms with Crippen molar-refractivity contribution in [2.75, 3.05) is 5.73 Å². The summed E-state index contributed by atoms with van der Waals surface area (Å²) >= 11 is 7.72. The molecule has 5 nitrogen and oxygen atoms in total. The summed E-state index contributed by atoms with van der Waals surface area (Å²) in [5.74, 6) is 0.429. The maximum absolute atomic E-state index is 6.08. The van der Waals surface area contributed by atoms with Crippen molar-refractivity contribution in [3.05, 3.63) is 41.1 Å². The number of thiophene rings is 1. The summed E-state index contributed by atoms with van der Waals surface area (Å²) in [7, 11) is 0. The van der Waals surface area contributed by atoms with E-state index in [0.29, 0.717) is 16.5 Å². The number of benzene rings is 1. The third-order valence-corrected chi connectivity index (χ3v) is 4.33. The van der Waals surface area contributed by atoms with Crippen LogP contribution in [-0.2, 0) is 0 Å². The molecule has 3 heterocycles. The minimum Gasteiger partial charge on any atom is -0.383 e. The van der Waals surface area contributed by atoms with E-state index in [1.807, 2.05) is 23.6 Å². The highest BCUT2D eigenvalue weighted by Gasteiger charge is 2.13. The fourth-order valence-corrected chi connectivity index (χ4v) is 3.27. The molecule has 0 spiro atoms. The normalized spacial score (nSPS) is 11.4. The van der Waals surface area contributed by atoms with Crippen molar-refractivity contribution in [3.63, 3.8) is 0 Å². The van der Waals surface area contributed by atoms with E-state index in [1.54, 1.807) is 22.2 Å². The van der Waals surface area contributed by atoms with Gasteiger partial charge < -0.3 is 5.73 Å². The Bertz CT molecular complexity index is 939. The van der Waals surface area contributed by atoms with Gasteiger partial charge in [0.25, 0.3) is 0 Å². The van der Waals surface area contributed by atoms with Crippen molar-refractivity contribution in [1.29, 1.82) is 0 Å². The standard InChI is InChI=1S/C13H8ClN5S/c14-7-1-2-11-8(3-7)10(5-20-11)19-13-9(4-18-19)12(15)16-6-17-13/h1-6H,(H2,15,16,17). The Balaban J connectivity index is 2.06. The van der Waals surface area contributed by atoms with E-state index in [1.165, 1.54) is 6.33 Å². The largest absolute Gasteiger partial charge is 0.383 e. The first kappa shape index (κ1) is 11.6. The van der Waals surface area contributed by atoms with Gasteiger partial charge in [-0.15, -0.1) is 11.3 Å². The first-order chi connectivity index (χ1) is 9.74. The lowest BCUT2D eigenvalue weighted by Gasteiger charge is -2.01. The molecule has 20 heavy (non-hydrogen) atoms. The zero-order valence-corrected chi connectivity index (χ0v) is 11.7. The van der Waals surface area contributed by atoms with Crippen molar-refractivity contribution < 1.29 is 0 Å². The molecular weight excluding hydrogens is 294 g/mol.